The van der Waals surface area contributed by atoms with Crippen LogP contribution < -0.4 is 10.9 Å². The number of morpholine rings is 1. The molecule has 3 aromatic heterocycles. The molecule has 202 valence electrons. The van der Waals surface area contributed by atoms with Gasteiger partial charge < -0.3 is 19.5 Å². The van der Waals surface area contributed by atoms with E-state index in [-0.39, 0.29) is 47.7 Å². The third kappa shape index (κ3) is 4.93. The van der Waals surface area contributed by atoms with Gasteiger partial charge in [-0.15, -0.1) is 0 Å². The van der Waals surface area contributed by atoms with Crippen molar-refractivity contribution in [1.29, 1.82) is 0 Å². The second kappa shape index (κ2) is 9.91. The van der Waals surface area contributed by atoms with Gasteiger partial charge in [0.1, 0.15) is 29.5 Å². The number of fused-ring (bicyclic) bond motifs is 2. The summed E-state index contributed by atoms with van der Waals surface area (Å²) in [6.45, 7) is 10.6. The van der Waals surface area contributed by atoms with E-state index in [1.165, 1.54) is 21.2 Å². The maximum Gasteiger partial charge on any atom is 0.280 e. The number of pyridine rings is 1. The molecule has 1 fully saturated rings. The first-order valence-corrected chi connectivity index (χ1v) is 12.8. The monoisotopic (exact) mass is 525 g/mol. The fraction of sp³-hybridized carbons (Fsp3) is 0.500. The number of ether oxygens (including phenoxy) is 1. The Kier molecular flexibility index (Phi) is 6.78. The number of carbonyl (C=O) groups is 2. The van der Waals surface area contributed by atoms with Gasteiger partial charge in [0.05, 0.1) is 36.7 Å². The Labute approximate surface area is 219 Å². The fourth-order valence-electron chi connectivity index (χ4n) is 5.01. The van der Waals surface area contributed by atoms with Crippen LogP contribution in [-0.4, -0.2) is 78.7 Å². The first-order valence-electron chi connectivity index (χ1n) is 12.8. The maximum absolute atomic E-state index is 13.7. The summed E-state index contributed by atoms with van der Waals surface area (Å²) < 4.78 is 22.0. The molecule has 2 aliphatic rings. The molecule has 0 unspecified atom stereocenters. The van der Waals surface area contributed by atoms with Crippen LogP contribution in [0.2, 0.25) is 0 Å². The number of hydrogen-bond acceptors (Lipinski definition) is 7. The summed E-state index contributed by atoms with van der Waals surface area (Å²) in [4.78, 5) is 47.9. The second-order valence-corrected chi connectivity index (χ2v) is 10.7. The molecule has 12 heteroatoms. The Morgan fingerprint density at radius 3 is 2.74 bits per heavy atom. The number of anilines is 1. The predicted octanol–water partition coefficient (Wildman–Crippen LogP) is 1.69. The number of nitrogens with one attached hydrogen (secondary N) is 1. The number of halogens is 1. The van der Waals surface area contributed by atoms with Crippen LogP contribution in [0.4, 0.5) is 10.2 Å². The van der Waals surface area contributed by atoms with E-state index >= 15 is 0 Å². The minimum atomic E-state index is -0.521. The van der Waals surface area contributed by atoms with E-state index in [9.17, 15) is 18.8 Å². The highest BCUT2D eigenvalue weighted by Gasteiger charge is 2.38. The average Bonchev–Trinajstić information content (AvgIpc) is 3.45. The zero-order chi connectivity index (χ0) is 27.2. The largest absolute Gasteiger partial charge is 0.374 e. The fourth-order valence-corrected chi connectivity index (χ4v) is 5.01. The molecular formula is C26H32FN7O4. The van der Waals surface area contributed by atoms with E-state index in [0.717, 1.165) is 12.7 Å². The lowest BCUT2D eigenvalue weighted by molar-refractivity contribution is -0.116. The molecule has 3 aromatic rings. The molecule has 0 bridgehead atoms. The van der Waals surface area contributed by atoms with Crippen LogP contribution in [0, 0.1) is 5.82 Å². The number of aryl methyl sites for hydroxylation is 1. The maximum atomic E-state index is 13.7. The molecule has 0 radical (unpaired) electrons. The molecule has 5 heterocycles. The molecule has 2 amide bonds. The van der Waals surface area contributed by atoms with Gasteiger partial charge in [-0.1, -0.05) is 6.92 Å². The molecule has 11 nitrogen and oxygen atoms in total. The predicted molar refractivity (Wildman–Crippen MR) is 137 cm³/mol. The van der Waals surface area contributed by atoms with Gasteiger partial charge in [-0.05, 0) is 39.3 Å². The van der Waals surface area contributed by atoms with Crippen LogP contribution in [-0.2, 0) is 29.0 Å². The molecule has 0 spiro atoms. The van der Waals surface area contributed by atoms with Gasteiger partial charge in [0.2, 0.25) is 5.91 Å². The van der Waals surface area contributed by atoms with E-state index in [4.69, 9.17) is 4.74 Å². The molecule has 5 rings (SSSR count). The standard InChI is InChI=1S/C26H32FN7O4/c1-5-17-10-22-33(15-21(35)29-20-7-6-16(27)11-28-20)23-19(24(36)34(22)30-17)14-31(25(23)37)12-18-13-32(8-9-38-18)26(2,3)4/h6-7,10-11,18H,5,8-9,12-15H2,1-4H3,(H,28,29,35)/t18-/m1/s1. The molecule has 1 saturated heterocycles. The summed E-state index contributed by atoms with van der Waals surface area (Å²) in [5.74, 6) is -1.15. The number of amides is 2. The van der Waals surface area contributed by atoms with Crippen LogP contribution in [0.15, 0.2) is 29.2 Å². The lowest BCUT2D eigenvalue weighted by Gasteiger charge is -2.42. The van der Waals surface area contributed by atoms with E-state index in [1.807, 2.05) is 6.92 Å². The zero-order valence-electron chi connectivity index (χ0n) is 22.0. The molecule has 0 saturated carbocycles. The number of hydrogen-bond donors (Lipinski definition) is 1. The Hall–Kier alpha value is -3.64. The smallest absolute Gasteiger partial charge is 0.280 e. The number of aromatic nitrogens is 4. The highest BCUT2D eigenvalue weighted by Crippen LogP contribution is 2.25. The van der Waals surface area contributed by atoms with Gasteiger partial charge in [-0.2, -0.15) is 9.61 Å². The van der Waals surface area contributed by atoms with Crippen molar-refractivity contribution in [1.82, 2.24) is 29.0 Å². The average molecular weight is 526 g/mol. The summed E-state index contributed by atoms with van der Waals surface area (Å²) in [5, 5.41) is 7.03. The van der Waals surface area contributed by atoms with Gasteiger partial charge in [0, 0.05) is 31.2 Å². The van der Waals surface area contributed by atoms with Crippen LogP contribution in [0.1, 0.15) is 49.4 Å². The van der Waals surface area contributed by atoms with Crippen LogP contribution >= 0.6 is 0 Å². The van der Waals surface area contributed by atoms with E-state index < -0.39 is 11.7 Å². The van der Waals surface area contributed by atoms with E-state index in [0.29, 0.717) is 43.0 Å². The van der Waals surface area contributed by atoms with Crippen LogP contribution in [0.3, 0.4) is 0 Å². The third-order valence-electron chi connectivity index (χ3n) is 7.03. The summed E-state index contributed by atoms with van der Waals surface area (Å²) in [5.41, 5.74) is 1.10. The Balaban J connectivity index is 1.45. The zero-order valence-corrected chi connectivity index (χ0v) is 22.0. The molecular weight excluding hydrogens is 493 g/mol. The topological polar surface area (TPSA) is 114 Å². The van der Waals surface area contributed by atoms with Crippen molar-refractivity contribution >= 4 is 23.3 Å². The quantitative estimate of drug-likeness (QED) is 0.521. The molecule has 0 aliphatic carbocycles. The van der Waals surface area contributed by atoms with Gasteiger partial charge in [-0.3, -0.25) is 19.3 Å². The molecule has 1 N–H and O–H groups in total. The summed E-state index contributed by atoms with van der Waals surface area (Å²) in [6.07, 6.45) is 1.39. The van der Waals surface area contributed by atoms with Crippen molar-refractivity contribution in [3.8, 4) is 0 Å². The van der Waals surface area contributed by atoms with E-state index in [1.54, 1.807) is 11.0 Å². The highest BCUT2D eigenvalue weighted by atomic mass is 19.1. The molecule has 1 atom stereocenters. The van der Waals surface area contributed by atoms with Crippen molar-refractivity contribution in [2.24, 2.45) is 0 Å². The van der Waals surface area contributed by atoms with E-state index in [2.05, 4.69) is 41.1 Å². The summed E-state index contributed by atoms with van der Waals surface area (Å²) >= 11 is 0. The first kappa shape index (κ1) is 26.0. The third-order valence-corrected chi connectivity index (χ3v) is 7.03. The number of rotatable bonds is 6. The van der Waals surface area contributed by atoms with Crippen LogP contribution in [0.25, 0.3) is 5.65 Å². The lowest BCUT2D eigenvalue weighted by atomic mass is 10.0. The second-order valence-electron chi connectivity index (χ2n) is 10.7. The molecule has 2 aliphatic heterocycles. The molecule has 0 aromatic carbocycles. The van der Waals surface area contributed by atoms with Crippen molar-refractivity contribution in [3.63, 3.8) is 0 Å². The van der Waals surface area contributed by atoms with Crippen molar-refractivity contribution in [2.75, 3.05) is 31.6 Å². The summed E-state index contributed by atoms with van der Waals surface area (Å²) in [6, 6.07) is 4.26. The van der Waals surface area contributed by atoms with Gasteiger partial charge in [0.15, 0.2) is 0 Å². The van der Waals surface area contributed by atoms with Crippen molar-refractivity contribution in [2.45, 2.75) is 58.8 Å². The minimum absolute atomic E-state index is 0.0275. The first-order chi connectivity index (χ1) is 18.0. The van der Waals surface area contributed by atoms with Crippen molar-refractivity contribution in [3.05, 3.63) is 57.5 Å². The highest BCUT2D eigenvalue weighted by molar-refractivity contribution is 5.98. The number of nitrogens with zero attached hydrogens (tertiary/aromatic N) is 6. The number of carbonyl (C=O) groups excluding carboxylic acids is 2. The van der Waals surface area contributed by atoms with Crippen molar-refractivity contribution < 1.29 is 18.7 Å². The Bertz CT molecular complexity index is 1440. The molecule has 38 heavy (non-hydrogen) atoms. The minimum Gasteiger partial charge on any atom is -0.374 e. The Morgan fingerprint density at radius 2 is 2.05 bits per heavy atom. The summed E-state index contributed by atoms with van der Waals surface area (Å²) in [7, 11) is 0. The van der Waals surface area contributed by atoms with Gasteiger partial charge >= 0.3 is 0 Å². The SMILES string of the molecule is CCc1cc2n(CC(=O)Nc3ccc(F)cn3)c3c(c(=O)n2n1)CN(C[C@@H]1CN(C(C)(C)C)CCO1)C3=O. The lowest BCUT2D eigenvalue weighted by Crippen LogP contribution is -2.54. The Morgan fingerprint density at radius 1 is 1.26 bits per heavy atom. The van der Waals surface area contributed by atoms with Crippen LogP contribution in [0.5, 0.6) is 0 Å². The normalized spacial score (nSPS) is 18.3. The van der Waals surface area contributed by atoms with Gasteiger partial charge in [-0.25, -0.2) is 9.37 Å². The van der Waals surface area contributed by atoms with Gasteiger partial charge in [0.25, 0.3) is 11.5 Å².